The van der Waals surface area contributed by atoms with Gasteiger partial charge >= 0.3 is 5.97 Å². The van der Waals surface area contributed by atoms with Crippen molar-refractivity contribution in [1.82, 2.24) is 4.98 Å². The molecule has 4 aliphatic rings. The van der Waals surface area contributed by atoms with Gasteiger partial charge in [0.2, 0.25) is 0 Å². The summed E-state index contributed by atoms with van der Waals surface area (Å²) in [4.78, 5) is 15.2. The Balaban J connectivity index is 1.44. The molecule has 6 rings (SSSR count). The third-order valence-corrected chi connectivity index (χ3v) is 8.16. The predicted octanol–water partition coefficient (Wildman–Crippen LogP) is 5.81. The van der Waals surface area contributed by atoms with Crippen LogP contribution in [0.3, 0.4) is 0 Å². The summed E-state index contributed by atoms with van der Waals surface area (Å²) in [7, 11) is 1.67. The van der Waals surface area contributed by atoms with Gasteiger partial charge in [0.15, 0.2) is 6.79 Å². The second kappa shape index (κ2) is 10.1. The molecule has 0 radical (unpaired) electrons. The van der Waals surface area contributed by atoms with Crippen LogP contribution in [0.2, 0.25) is 0 Å². The first-order valence-electron chi connectivity index (χ1n) is 12.7. The summed E-state index contributed by atoms with van der Waals surface area (Å²) in [6.45, 7) is 3.38. The molecule has 1 N–H and O–H groups in total. The molecule has 4 bridgehead atoms. The molecule has 1 aromatic carbocycles. The van der Waals surface area contributed by atoms with Crippen LogP contribution in [0.4, 0.5) is 0 Å². The average molecular weight is 478 g/mol. The van der Waals surface area contributed by atoms with Gasteiger partial charge in [-0.05, 0) is 110 Å². The number of aromatic nitrogens is 1. The highest BCUT2D eigenvalue weighted by Gasteiger charge is 2.52. The molecule has 1 aromatic heterocycles. The number of hydrogen-bond acceptors (Lipinski definition) is 5. The van der Waals surface area contributed by atoms with Crippen molar-refractivity contribution in [2.75, 3.05) is 27.1 Å². The Morgan fingerprint density at radius 1 is 1.09 bits per heavy atom. The standard InChI is InChI=1S/C29H35NO5/c1-19(9-20-3-5-26(28(31)32)30-17-20)24-4-6-27(35-18-34-8-7-33-2)25(13-24)29-14-21-10-22(15-29)12-23(11-21)16-29/h3-6,9,13,17,21-23H,7-8,10-12,14-16,18H2,1-2H3,(H,31,32)/b19-9+. The van der Waals surface area contributed by atoms with Gasteiger partial charge in [0.1, 0.15) is 11.4 Å². The zero-order chi connectivity index (χ0) is 24.4. The minimum atomic E-state index is -1.01. The van der Waals surface area contributed by atoms with Crippen molar-refractivity contribution in [3.63, 3.8) is 0 Å². The zero-order valence-electron chi connectivity index (χ0n) is 20.7. The highest BCUT2D eigenvalue weighted by atomic mass is 16.7. The summed E-state index contributed by atoms with van der Waals surface area (Å²) in [5, 5.41) is 9.11. The molecule has 0 amide bonds. The summed E-state index contributed by atoms with van der Waals surface area (Å²) in [6.07, 6.45) is 11.6. The summed E-state index contributed by atoms with van der Waals surface area (Å²) < 4.78 is 16.9. The second-order valence-corrected chi connectivity index (χ2v) is 10.7. The van der Waals surface area contributed by atoms with E-state index in [0.717, 1.165) is 40.2 Å². The zero-order valence-corrected chi connectivity index (χ0v) is 20.7. The normalized spacial score (nSPS) is 27.3. The lowest BCUT2D eigenvalue weighted by Gasteiger charge is -2.57. The van der Waals surface area contributed by atoms with Crippen molar-refractivity contribution in [3.05, 3.63) is 58.9 Å². The van der Waals surface area contributed by atoms with Crippen molar-refractivity contribution in [3.8, 4) is 5.75 Å². The summed E-state index contributed by atoms with van der Waals surface area (Å²) in [5.41, 5.74) is 4.73. The van der Waals surface area contributed by atoms with Crippen LogP contribution in [0, 0.1) is 17.8 Å². The maximum Gasteiger partial charge on any atom is 0.354 e. The molecule has 6 nitrogen and oxygen atoms in total. The van der Waals surface area contributed by atoms with Crippen LogP contribution in [0.15, 0.2) is 36.5 Å². The third-order valence-electron chi connectivity index (χ3n) is 8.16. The lowest BCUT2D eigenvalue weighted by atomic mass is 9.48. The third kappa shape index (κ3) is 5.14. The molecule has 4 saturated carbocycles. The fourth-order valence-electron chi connectivity index (χ4n) is 7.01. The van der Waals surface area contributed by atoms with Crippen LogP contribution in [0.1, 0.15) is 72.6 Å². The Morgan fingerprint density at radius 3 is 2.40 bits per heavy atom. The van der Waals surface area contributed by atoms with E-state index >= 15 is 0 Å². The number of carbonyl (C=O) groups is 1. The first kappa shape index (κ1) is 24.0. The fourth-order valence-corrected chi connectivity index (χ4v) is 7.01. The molecule has 1 heterocycles. The first-order valence-corrected chi connectivity index (χ1v) is 12.7. The molecule has 4 aliphatic carbocycles. The van der Waals surface area contributed by atoms with Crippen molar-refractivity contribution >= 4 is 17.6 Å². The topological polar surface area (TPSA) is 77.9 Å². The summed E-state index contributed by atoms with van der Waals surface area (Å²) in [6, 6.07) is 9.89. The van der Waals surface area contributed by atoms with Crippen molar-refractivity contribution in [2.45, 2.75) is 50.9 Å². The van der Waals surface area contributed by atoms with Crippen LogP contribution < -0.4 is 4.74 Å². The van der Waals surface area contributed by atoms with Crippen LogP contribution >= 0.6 is 0 Å². The smallest absolute Gasteiger partial charge is 0.354 e. The number of rotatable bonds is 10. The highest BCUT2D eigenvalue weighted by molar-refractivity contribution is 5.86. The van der Waals surface area contributed by atoms with Gasteiger partial charge in [-0.3, -0.25) is 0 Å². The van der Waals surface area contributed by atoms with Crippen LogP contribution in [-0.2, 0) is 14.9 Å². The molecule has 0 aliphatic heterocycles. The van der Waals surface area contributed by atoms with E-state index in [1.807, 2.05) is 0 Å². The molecular formula is C29H35NO5. The maximum atomic E-state index is 11.1. The van der Waals surface area contributed by atoms with Crippen molar-refractivity contribution < 1.29 is 24.1 Å². The highest BCUT2D eigenvalue weighted by Crippen LogP contribution is 2.62. The molecular weight excluding hydrogens is 442 g/mol. The van der Waals surface area contributed by atoms with E-state index in [4.69, 9.17) is 19.3 Å². The number of benzene rings is 1. The monoisotopic (exact) mass is 477 g/mol. The predicted molar refractivity (Wildman–Crippen MR) is 134 cm³/mol. The molecule has 0 unspecified atom stereocenters. The van der Waals surface area contributed by atoms with Gasteiger partial charge in [-0.2, -0.15) is 0 Å². The van der Waals surface area contributed by atoms with Crippen LogP contribution in [0.25, 0.3) is 11.6 Å². The quantitative estimate of drug-likeness (QED) is 0.344. The molecule has 35 heavy (non-hydrogen) atoms. The Labute approximate surface area is 207 Å². The van der Waals surface area contributed by atoms with E-state index < -0.39 is 5.97 Å². The van der Waals surface area contributed by atoms with Gasteiger partial charge in [-0.1, -0.05) is 12.1 Å². The Hall–Kier alpha value is -2.70. The first-order chi connectivity index (χ1) is 17.0. The Kier molecular flexibility index (Phi) is 6.94. The van der Waals surface area contributed by atoms with E-state index in [-0.39, 0.29) is 17.9 Å². The minimum absolute atomic E-state index is 0.0538. The molecule has 0 spiro atoms. The number of methoxy groups -OCH3 is 1. The van der Waals surface area contributed by atoms with E-state index in [9.17, 15) is 4.79 Å². The molecule has 0 saturated heterocycles. The molecule has 186 valence electrons. The van der Waals surface area contributed by atoms with Gasteiger partial charge in [0.25, 0.3) is 0 Å². The minimum Gasteiger partial charge on any atom is -0.477 e. The van der Waals surface area contributed by atoms with E-state index in [1.165, 1.54) is 44.1 Å². The Morgan fingerprint density at radius 2 is 1.80 bits per heavy atom. The van der Waals surface area contributed by atoms with Crippen LogP contribution in [-0.4, -0.2) is 43.2 Å². The van der Waals surface area contributed by atoms with Crippen molar-refractivity contribution in [2.24, 2.45) is 17.8 Å². The number of carboxylic acids is 1. The Bertz CT molecular complexity index is 1060. The van der Waals surface area contributed by atoms with Gasteiger partial charge < -0.3 is 19.3 Å². The van der Waals surface area contributed by atoms with Gasteiger partial charge in [-0.25, -0.2) is 9.78 Å². The number of carboxylic acid groups (broad SMARTS) is 1. The van der Waals surface area contributed by atoms with E-state index in [1.54, 1.807) is 25.4 Å². The average Bonchev–Trinajstić information content (AvgIpc) is 2.83. The fraction of sp³-hybridized carbons (Fsp3) is 0.517. The van der Waals surface area contributed by atoms with Gasteiger partial charge in [0, 0.05) is 18.9 Å². The number of nitrogens with zero attached hydrogens (tertiary/aromatic N) is 1. The molecule has 6 heteroatoms. The lowest BCUT2D eigenvalue weighted by Crippen LogP contribution is -2.48. The van der Waals surface area contributed by atoms with E-state index in [2.05, 4.69) is 36.2 Å². The number of pyridine rings is 1. The van der Waals surface area contributed by atoms with Crippen LogP contribution in [0.5, 0.6) is 5.75 Å². The maximum absolute atomic E-state index is 11.1. The second-order valence-electron chi connectivity index (χ2n) is 10.7. The van der Waals surface area contributed by atoms with E-state index in [0.29, 0.717) is 13.2 Å². The number of allylic oxidation sites excluding steroid dienone is 1. The lowest BCUT2D eigenvalue weighted by molar-refractivity contribution is -0.0189. The molecule has 2 aromatic rings. The largest absolute Gasteiger partial charge is 0.477 e. The molecule has 4 fully saturated rings. The van der Waals surface area contributed by atoms with Crippen molar-refractivity contribution in [1.29, 1.82) is 0 Å². The number of ether oxygens (including phenoxy) is 3. The summed E-state index contributed by atoms with van der Waals surface area (Å²) >= 11 is 0. The number of aromatic carboxylic acids is 1. The molecule has 0 atom stereocenters. The van der Waals surface area contributed by atoms with Gasteiger partial charge in [-0.15, -0.1) is 0 Å². The number of hydrogen-bond donors (Lipinski definition) is 1. The SMILES string of the molecule is COCCOCOc1ccc(/C(C)=C/c2ccc(C(=O)O)nc2)cc1C12CC3CC(CC(C3)C1)C2. The summed E-state index contributed by atoms with van der Waals surface area (Å²) in [5.74, 6) is 2.44. The van der Waals surface area contributed by atoms with Gasteiger partial charge in [0.05, 0.1) is 13.2 Å².